The van der Waals surface area contributed by atoms with Crippen LogP contribution in [0.5, 0.6) is 0 Å². The number of rotatable bonds is 3. The van der Waals surface area contributed by atoms with Crippen molar-refractivity contribution in [3.8, 4) is 5.69 Å². The third kappa shape index (κ3) is 2.54. The van der Waals surface area contributed by atoms with Crippen LogP contribution in [0, 0.1) is 5.82 Å². The highest BCUT2D eigenvalue weighted by atomic mass is 19.1. The Hall–Kier alpha value is -2.44. The molecule has 0 bridgehead atoms. The van der Waals surface area contributed by atoms with Gasteiger partial charge in [-0.05, 0) is 6.42 Å². The number of amides is 1. The summed E-state index contributed by atoms with van der Waals surface area (Å²) in [6.07, 6.45) is 3.59. The summed E-state index contributed by atoms with van der Waals surface area (Å²) in [6, 6.07) is 1.28. The van der Waals surface area contributed by atoms with Gasteiger partial charge in [0, 0.05) is 13.1 Å². The lowest BCUT2D eigenvalue weighted by molar-refractivity contribution is 0.203. The third-order valence-corrected chi connectivity index (χ3v) is 2.71. The highest BCUT2D eigenvalue weighted by molar-refractivity contribution is 5.86. The third-order valence-electron chi connectivity index (χ3n) is 2.71. The average Bonchev–Trinajstić information content (AvgIpc) is 2.81. The molecule has 19 heavy (non-hydrogen) atoms. The van der Waals surface area contributed by atoms with Gasteiger partial charge in [-0.3, -0.25) is 9.88 Å². The topological polar surface area (TPSA) is 71.2 Å². The van der Waals surface area contributed by atoms with Crippen molar-refractivity contribution in [3.63, 3.8) is 0 Å². The summed E-state index contributed by atoms with van der Waals surface area (Å²) in [5.41, 5.74) is 1.54. The standard InChI is InChI=1S/C12H13FN4O2/c1-3-10-11(16(2)12(18)19)7-17(15-10)9-4-8(13)5-14-6-9/h4-7H,3H2,1-2H3,(H,18,19). The van der Waals surface area contributed by atoms with E-state index in [9.17, 15) is 9.18 Å². The van der Waals surface area contributed by atoms with Crippen molar-refractivity contribution in [2.45, 2.75) is 13.3 Å². The molecule has 0 aliphatic carbocycles. The summed E-state index contributed by atoms with van der Waals surface area (Å²) in [5.74, 6) is -0.473. The number of hydrogen-bond acceptors (Lipinski definition) is 3. The number of hydrogen-bond donors (Lipinski definition) is 1. The number of carbonyl (C=O) groups is 1. The van der Waals surface area contributed by atoms with Gasteiger partial charge in [0.15, 0.2) is 0 Å². The van der Waals surface area contributed by atoms with Crippen LogP contribution in [-0.2, 0) is 6.42 Å². The molecule has 0 fully saturated rings. The van der Waals surface area contributed by atoms with Gasteiger partial charge in [0.25, 0.3) is 0 Å². The first kappa shape index (κ1) is 13.0. The molecule has 0 unspecified atom stereocenters. The van der Waals surface area contributed by atoms with Gasteiger partial charge in [0.2, 0.25) is 0 Å². The molecule has 100 valence electrons. The van der Waals surface area contributed by atoms with Gasteiger partial charge in [-0.1, -0.05) is 6.92 Å². The van der Waals surface area contributed by atoms with Gasteiger partial charge < -0.3 is 5.11 Å². The average molecular weight is 264 g/mol. The Bertz CT molecular complexity index is 612. The minimum atomic E-state index is -1.08. The Kier molecular flexibility index (Phi) is 3.46. The van der Waals surface area contributed by atoms with E-state index in [2.05, 4.69) is 10.1 Å². The fourth-order valence-corrected chi connectivity index (χ4v) is 1.69. The van der Waals surface area contributed by atoms with Crippen molar-refractivity contribution < 1.29 is 14.3 Å². The fourth-order valence-electron chi connectivity index (χ4n) is 1.69. The van der Waals surface area contributed by atoms with E-state index in [-0.39, 0.29) is 0 Å². The van der Waals surface area contributed by atoms with Crippen molar-refractivity contribution in [2.75, 3.05) is 11.9 Å². The number of aryl methyl sites for hydroxylation is 1. The molecule has 2 heterocycles. The summed E-state index contributed by atoms with van der Waals surface area (Å²) >= 11 is 0. The van der Waals surface area contributed by atoms with Crippen LogP contribution in [0.15, 0.2) is 24.7 Å². The predicted octanol–water partition coefficient (Wildman–Crippen LogP) is 2.08. The van der Waals surface area contributed by atoms with Gasteiger partial charge in [-0.15, -0.1) is 0 Å². The summed E-state index contributed by atoms with van der Waals surface area (Å²) < 4.78 is 14.5. The predicted molar refractivity (Wildman–Crippen MR) is 67.1 cm³/mol. The molecule has 1 N–H and O–H groups in total. The molecule has 0 saturated carbocycles. The molecule has 0 aliphatic heterocycles. The molecule has 7 heteroatoms. The van der Waals surface area contributed by atoms with Crippen molar-refractivity contribution in [3.05, 3.63) is 36.2 Å². The maximum atomic E-state index is 13.1. The molecule has 0 atom stereocenters. The van der Waals surface area contributed by atoms with E-state index in [1.54, 1.807) is 6.20 Å². The maximum Gasteiger partial charge on any atom is 0.411 e. The van der Waals surface area contributed by atoms with E-state index in [0.717, 1.165) is 11.1 Å². The summed E-state index contributed by atoms with van der Waals surface area (Å²) in [5, 5.41) is 13.2. The molecule has 2 rings (SSSR count). The fraction of sp³-hybridized carbons (Fsp3) is 0.250. The highest BCUT2D eigenvalue weighted by Gasteiger charge is 2.17. The van der Waals surface area contributed by atoms with Crippen LogP contribution in [0.1, 0.15) is 12.6 Å². The van der Waals surface area contributed by atoms with E-state index >= 15 is 0 Å². The Morgan fingerprint density at radius 2 is 2.26 bits per heavy atom. The van der Waals surface area contributed by atoms with Crippen LogP contribution in [0.2, 0.25) is 0 Å². The SMILES string of the molecule is CCc1nn(-c2cncc(F)c2)cc1N(C)C(=O)O. The minimum absolute atomic E-state index is 0.444. The van der Waals surface area contributed by atoms with E-state index in [1.807, 2.05) is 6.92 Å². The smallest absolute Gasteiger partial charge is 0.411 e. The van der Waals surface area contributed by atoms with E-state index in [4.69, 9.17) is 5.11 Å². The Balaban J connectivity index is 2.47. The first-order valence-corrected chi connectivity index (χ1v) is 5.69. The molecule has 2 aromatic rings. The largest absolute Gasteiger partial charge is 0.465 e. The van der Waals surface area contributed by atoms with Crippen LogP contribution in [0.25, 0.3) is 5.69 Å². The lowest BCUT2D eigenvalue weighted by atomic mass is 10.3. The monoisotopic (exact) mass is 264 g/mol. The Morgan fingerprint density at radius 1 is 1.53 bits per heavy atom. The van der Waals surface area contributed by atoms with E-state index < -0.39 is 11.9 Å². The molecule has 6 nitrogen and oxygen atoms in total. The molecule has 1 amide bonds. The van der Waals surface area contributed by atoms with Gasteiger partial charge >= 0.3 is 6.09 Å². The molecule has 0 aromatic carbocycles. The lowest BCUT2D eigenvalue weighted by Gasteiger charge is -2.11. The summed E-state index contributed by atoms with van der Waals surface area (Å²) in [6.45, 7) is 1.87. The summed E-state index contributed by atoms with van der Waals surface area (Å²) in [4.78, 5) is 15.8. The van der Waals surface area contributed by atoms with Gasteiger partial charge in [0.05, 0.1) is 35.7 Å². The zero-order valence-electron chi connectivity index (χ0n) is 10.5. The minimum Gasteiger partial charge on any atom is -0.465 e. The van der Waals surface area contributed by atoms with Crippen LogP contribution >= 0.6 is 0 Å². The Morgan fingerprint density at radius 3 is 2.84 bits per heavy atom. The van der Waals surface area contributed by atoms with Crippen LogP contribution in [-0.4, -0.2) is 33.0 Å². The lowest BCUT2D eigenvalue weighted by Crippen LogP contribution is -2.24. The normalized spacial score (nSPS) is 10.5. The molecule has 0 saturated heterocycles. The number of anilines is 1. The van der Waals surface area contributed by atoms with E-state index in [0.29, 0.717) is 23.5 Å². The zero-order chi connectivity index (χ0) is 14.0. The van der Waals surface area contributed by atoms with Crippen LogP contribution in [0.4, 0.5) is 14.9 Å². The molecular formula is C12H13FN4O2. The number of halogens is 1. The number of nitrogens with zero attached hydrogens (tertiary/aromatic N) is 4. The molecule has 2 aromatic heterocycles. The molecule has 0 radical (unpaired) electrons. The number of pyridine rings is 1. The number of carboxylic acid groups (broad SMARTS) is 1. The van der Waals surface area contributed by atoms with Gasteiger partial charge in [-0.25, -0.2) is 13.9 Å². The second kappa shape index (κ2) is 5.05. The summed E-state index contributed by atoms with van der Waals surface area (Å²) in [7, 11) is 1.44. The van der Waals surface area contributed by atoms with Crippen molar-refractivity contribution >= 4 is 11.8 Å². The molecule has 0 aliphatic rings. The van der Waals surface area contributed by atoms with Crippen molar-refractivity contribution in [1.29, 1.82) is 0 Å². The van der Waals surface area contributed by atoms with Crippen LogP contribution < -0.4 is 4.90 Å². The second-order valence-electron chi connectivity index (χ2n) is 3.96. The van der Waals surface area contributed by atoms with E-state index in [1.165, 1.54) is 24.0 Å². The first-order chi connectivity index (χ1) is 9.02. The number of aromatic nitrogens is 3. The maximum absolute atomic E-state index is 13.1. The molecule has 0 spiro atoms. The van der Waals surface area contributed by atoms with Gasteiger partial charge in [-0.2, -0.15) is 5.10 Å². The van der Waals surface area contributed by atoms with Gasteiger partial charge in [0.1, 0.15) is 5.82 Å². The first-order valence-electron chi connectivity index (χ1n) is 5.69. The zero-order valence-corrected chi connectivity index (χ0v) is 10.5. The highest BCUT2D eigenvalue weighted by Crippen LogP contribution is 2.21. The van der Waals surface area contributed by atoms with Crippen molar-refractivity contribution in [1.82, 2.24) is 14.8 Å². The van der Waals surface area contributed by atoms with Crippen molar-refractivity contribution in [2.24, 2.45) is 0 Å². The Labute approximate surface area is 109 Å². The second-order valence-corrected chi connectivity index (χ2v) is 3.96. The molecular weight excluding hydrogens is 251 g/mol. The quantitative estimate of drug-likeness (QED) is 0.921. The van der Waals surface area contributed by atoms with Crippen LogP contribution in [0.3, 0.4) is 0 Å².